The largest absolute Gasteiger partial charge is 0.444 e. The zero-order valence-electron chi connectivity index (χ0n) is 27.8. The molecule has 0 spiro atoms. The summed E-state index contributed by atoms with van der Waals surface area (Å²) in [7, 11) is 0. The number of ether oxygens (including phenoxy) is 2. The molecule has 246 valence electrons. The molecule has 0 aliphatic carbocycles. The van der Waals surface area contributed by atoms with Crippen LogP contribution in [0.5, 0.6) is 0 Å². The third kappa shape index (κ3) is 6.90. The molecule has 9 nitrogen and oxygen atoms in total. The molecule has 1 aliphatic heterocycles. The Morgan fingerprint density at radius 3 is 2.06 bits per heavy atom. The number of piperidine rings is 1. The van der Waals surface area contributed by atoms with E-state index in [0.717, 1.165) is 34.1 Å². The fraction of sp³-hybridized carbons (Fsp3) is 0.333. The number of nitrogens with zero attached hydrogens (tertiary/aromatic N) is 5. The fourth-order valence-corrected chi connectivity index (χ4v) is 6.76. The van der Waals surface area contributed by atoms with Crippen LogP contribution in [0.1, 0.15) is 50.3 Å². The number of nitriles is 1. The minimum Gasteiger partial charge on any atom is -0.444 e. The standard InChI is InChI=1S/C39H42N6O3/c1-38(2,3)48-37(46)44-25-29(27-47-23-13-21-40)24-33(26-44)43-35-34-20-22-45(36(34)42-28-41-35)39(30-14-7-4-8-15-30,31-16-9-5-10-17-31)32-18-11-6-12-19-32/h4-12,14-20,22,28-29,33H,13,23-27H2,1-3H3,(H,41,42,43)/t29-,33+/m1/s1. The van der Waals surface area contributed by atoms with Crippen molar-refractivity contribution in [3.05, 3.63) is 126 Å². The van der Waals surface area contributed by atoms with E-state index in [-0.39, 0.29) is 18.1 Å². The van der Waals surface area contributed by atoms with Crippen molar-refractivity contribution in [3.63, 3.8) is 0 Å². The van der Waals surface area contributed by atoms with E-state index in [4.69, 9.17) is 24.7 Å². The number of nitrogens with one attached hydrogen (secondary N) is 1. The molecule has 2 aromatic heterocycles. The van der Waals surface area contributed by atoms with E-state index in [1.54, 1.807) is 11.2 Å². The normalized spacial score (nSPS) is 16.8. The molecular formula is C39H42N6O3. The lowest BCUT2D eigenvalue weighted by Crippen LogP contribution is -2.51. The van der Waals surface area contributed by atoms with Gasteiger partial charge >= 0.3 is 6.09 Å². The highest BCUT2D eigenvalue weighted by Crippen LogP contribution is 2.43. The molecule has 3 aromatic carbocycles. The number of benzene rings is 3. The summed E-state index contributed by atoms with van der Waals surface area (Å²) in [5.74, 6) is 0.758. The number of anilines is 1. The maximum absolute atomic E-state index is 13.2. The second kappa shape index (κ2) is 14.3. The van der Waals surface area contributed by atoms with Gasteiger partial charge in [0.25, 0.3) is 0 Å². The molecule has 5 aromatic rings. The number of carbonyl (C=O) groups excluding carboxylic acids is 1. The summed E-state index contributed by atoms with van der Waals surface area (Å²) in [6.07, 6.45) is 4.44. The Bertz CT molecular complexity index is 1750. The van der Waals surface area contributed by atoms with E-state index < -0.39 is 11.1 Å². The maximum atomic E-state index is 13.2. The molecule has 1 fully saturated rings. The first-order chi connectivity index (χ1) is 23.3. The van der Waals surface area contributed by atoms with Crippen LogP contribution in [0.25, 0.3) is 11.0 Å². The lowest BCUT2D eigenvalue weighted by atomic mass is 9.76. The summed E-state index contributed by atoms with van der Waals surface area (Å²) in [6.45, 7) is 7.40. The van der Waals surface area contributed by atoms with Crippen molar-refractivity contribution in [1.29, 1.82) is 5.26 Å². The average molecular weight is 643 g/mol. The topological polar surface area (TPSA) is 105 Å². The number of rotatable bonds is 10. The van der Waals surface area contributed by atoms with Crippen molar-refractivity contribution in [2.45, 2.75) is 50.8 Å². The molecule has 2 atom stereocenters. The van der Waals surface area contributed by atoms with Crippen molar-refractivity contribution in [2.75, 3.05) is 31.6 Å². The van der Waals surface area contributed by atoms with Gasteiger partial charge in [-0.1, -0.05) is 91.0 Å². The van der Waals surface area contributed by atoms with Crippen LogP contribution in [-0.2, 0) is 15.0 Å². The summed E-state index contributed by atoms with van der Waals surface area (Å²) >= 11 is 0. The number of likely N-dealkylation sites (tertiary alicyclic amines) is 1. The summed E-state index contributed by atoms with van der Waals surface area (Å²) < 4.78 is 13.8. The maximum Gasteiger partial charge on any atom is 0.410 e. The molecule has 0 bridgehead atoms. The Balaban J connectivity index is 1.40. The second-order valence-corrected chi connectivity index (χ2v) is 13.3. The molecule has 1 N–H and O–H groups in total. The van der Waals surface area contributed by atoms with Crippen molar-refractivity contribution in [1.82, 2.24) is 19.4 Å². The molecule has 3 heterocycles. The molecule has 0 unspecified atom stereocenters. The van der Waals surface area contributed by atoms with Crippen LogP contribution in [0, 0.1) is 17.2 Å². The number of fused-ring (bicyclic) bond motifs is 1. The van der Waals surface area contributed by atoms with E-state index in [9.17, 15) is 4.79 Å². The van der Waals surface area contributed by atoms with Crippen molar-refractivity contribution in [2.24, 2.45) is 5.92 Å². The predicted molar refractivity (Wildman–Crippen MR) is 187 cm³/mol. The highest BCUT2D eigenvalue weighted by molar-refractivity contribution is 5.88. The van der Waals surface area contributed by atoms with Gasteiger partial charge in [-0.15, -0.1) is 0 Å². The van der Waals surface area contributed by atoms with Gasteiger partial charge in [-0.25, -0.2) is 14.8 Å². The van der Waals surface area contributed by atoms with E-state index in [0.29, 0.717) is 38.5 Å². The molecule has 48 heavy (non-hydrogen) atoms. The van der Waals surface area contributed by atoms with Gasteiger partial charge in [-0.2, -0.15) is 5.26 Å². The quantitative estimate of drug-likeness (QED) is 0.126. The zero-order valence-corrected chi connectivity index (χ0v) is 27.8. The molecule has 0 saturated carbocycles. The number of carbonyl (C=O) groups is 1. The monoisotopic (exact) mass is 642 g/mol. The van der Waals surface area contributed by atoms with Crippen LogP contribution in [0.15, 0.2) is 110 Å². The Morgan fingerprint density at radius 1 is 0.896 bits per heavy atom. The van der Waals surface area contributed by atoms with E-state index in [1.807, 2.05) is 39.0 Å². The molecule has 0 radical (unpaired) electrons. The minimum absolute atomic E-state index is 0.0614. The smallest absolute Gasteiger partial charge is 0.410 e. The average Bonchev–Trinajstić information content (AvgIpc) is 3.53. The zero-order chi connectivity index (χ0) is 33.6. The Kier molecular flexibility index (Phi) is 9.74. The Morgan fingerprint density at radius 2 is 1.50 bits per heavy atom. The van der Waals surface area contributed by atoms with Crippen LogP contribution in [-0.4, -0.2) is 63.5 Å². The van der Waals surface area contributed by atoms with Gasteiger partial charge in [0.1, 0.15) is 28.9 Å². The van der Waals surface area contributed by atoms with Gasteiger partial charge in [0, 0.05) is 31.2 Å². The molecular weight excluding hydrogens is 600 g/mol. The Labute approximate surface area is 282 Å². The van der Waals surface area contributed by atoms with Crippen LogP contribution in [0.4, 0.5) is 10.6 Å². The first-order valence-electron chi connectivity index (χ1n) is 16.5. The first-order valence-corrected chi connectivity index (χ1v) is 16.5. The van der Waals surface area contributed by atoms with Crippen LogP contribution >= 0.6 is 0 Å². The predicted octanol–water partition coefficient (Wildman–Crippen LogP) is 7.24. The molecule has 1 aliphatic rings. The highest BCUT2D eigenvalue weighted by Gasteiger charge is 2.40. The van der Waals surface area contributed by atoms with E-state index in [2.05, 4.69) is 101 Å². The molecule has 6 rings (SSSR count). The fourth-order valence-electron chi connectivity index (χ4n) is 6.76. The Hall–Kier alpha value is -5.20. The van der Waals surface area contributed by atoms with Gasteiger partial charge < -0.3 is 24.3 Å². The third-order valence-corrected chi connectivity index (χ3v) is 8.66. The van der Waals surface area contributed by atoms with Gasteiger partial charge in [-0.3, -0.25) is 0 Å². The molecule has 1 saturated heterocycles. The minimum atomic E-state index is -0.721. The van der Waals surface area contributed by atoms with Crippen molar-refractivity contribution in [3.8, 4) is 6.07 Å². The third-order valence-electron chi connectivity index (χ3n) is 8.66. The molecule has 9 heteroatoms. The molecule has 1 amide bonds. The number of hydrogen-bond acceptors (Lipinski definition) is 7. The van der Waals surface area contributed by atoms with E-state index in [1.165, 1.54) is 0 Å². The van der Waals surface area contributed by atoms with Gasteiger partial charge in [0.15, 0.2) is 0 Å². The summed E-state index contributed by atoms with van der Waals surface area (Å²) in [6, 6.07) is 35.6. The van der Waals surface area contributed by atoms with E-state index >= 15 is 0 Å². The second-order valence-electron chi connectivity index (χ2n) is 13.3. The lowest BCUT2D eigenvalue weighted by molar-refractivity contribution is 0.00610. The van der Waals surface area contributed by atoms with Crippen LogP contribution in [0.2, 0.25) is 0 Å². The first kappa shape index (κ1) is 32.7. The number of amides is 1. The van der Waals surface area contributed by atoms with Crippen LogP contribution in [0.3, 0.4) is 0 Å². The summed E-state index contributed by atoms with van der Waals surface area (Å²) in [5, 5.41) is 13.5. The van der Waals surface area contributed by atoms with Crippen molar-refractivity contribution < 1.29 is 14.3 Å². The van der Waals surface area contributed by atoms with Crippen molar-refractivity contribution >= 4 is 22.9 Å². The number of aromatic nitrogens is 3. The summed E-state index contributed by atoms with van der Waals surface area (Å²) in [4.78, 5) is 24.6. The van der Waals surface area contributed by atoms with Gasteiger partial charge in [-0.05, 0) is 49.9 Å². The van der Waals surface area contributed by atoms with Crippen LogP contribution < -0.4 is 5.32 Å². The van der Waals surface area contributed by atoms with Gasteiger partial charge in [0.2, 0.25) is 0 Å². The SMILES string of the molecule is CC(C)(C)OC(=O)N1C[C@H](COCCC#N)C[C@H](Nc2ncnc3c2ccn3C(c2ccccc2)(c2ccccc2)c2ccccc2)C1. The number of hydrogen-bond donors (Lipinski definition) is 1. The summed E-state index contributed by atoms with van der Waals surface area (Å²) in [5.41, 5.74) is 2.76. The van der Waals surface area contributed by atoms with Gasteiger partial charge in [0.05, 0.1) is 31.1 Å². The lowest BCUT2D eigenvalue weighted by Gasteiger charge is -2.39. The highest BCUT2D eigenvalue weighted by atomic mass is 16.6.